The Balaban J connectivity index is 1.72. The van der Waals surface area contributed by atoms with Gasteiger partial charge in [0.25, 0.3) is 5.91 Å². The molecule has 144 valence electrons. The summed E-state index contributed by atoms with van der Waals surface area (Å²) in [6.07, 6.45) is 2.88. The number of aromatic nitrogens is 2. The van der Waals surface area contributed by atoms with E-state index in [1.807, 2.05) is 24.3 Å². The minimum Gasteiger partial charge on any atom is -0.497 e. The highest BCUT2D eigenvalue weighted by Gasteiger charge is 2.12. The molecule has 0 saturated heterocycles. The second kappa shape index (κ2) is 8.72. The Morgan fingerprint density at radius 3 is 2.29 bits per heavy atom. The van der Waals surface area contributed by atoms with Crippen LogP contribution in [0.3, 0.4) is 0 Å². The van der Waals surface area contributed by atoms with Gasteiger partial charge in [-0.2, -0.15) is 0 Å². The molecule has 0 radical (unpaired) electrons. The molecule has 0 fully saturated rings. The molecule has 3 aromatic rings. The number of carbonyl (C=O) groups excluding carboxylic acids is 1. The van der Waals surface area contributed by atoms with Gasteiger partial charge in [-0.1, -0.05) is 6.07 Å². The van der Waals surface area contributed by atoms with E-state index in [1.54, 1.807) is 32.4 Å². The summed E-state index contributed by atoms with van der Waals surface area (Å²) in [5.41, 5.74) is 1.57. The van der Waals surface area contributed by atoms with Crippen molar-refractivity contribution in [1.29, 1.82) is 0 Å². The summed E-state index contributed by atoms with van der Waals surface area (Å²) < 4.78 is 15.6. The Labute approximate surface area is 162 Å². The maximum Gasteiger partial charge on any atom is 0.258 e. The normalized spacial score (nSPS) is 10.1. The highest BCUT2D eigenvalue weighted by atomic mass is 16.5. The van der Waals surface area contributed by atoms with Crippen LogP contribution in [0.25, 0.3) is 0 Å². The van der Waals surface area contributed by atoms with Crippen molar-refractivity contribution in [3.05, 3.63) is 60.4 Å². The zero-order chi connectivity index (χ0) is 19.9. The third kappa shape index (κ3) is 4.47. The standard InChI is InChI=1S/C20H20N4O4/c1-26-15-6-4-5-14(9-15)23-20-21-11-13(12-22-20)19(25)24-17-10-16(27-2)7-8-18(17)28-3/h4-12H,1-3H3,(H,24,25)(H,21,22,23). The van der Waals surface area contributed by atoms with Crippen LogP contribution in [0.2, 0.25) is 0 Å². The summed E-state index contributed by atoms with van der Waals surface area (Å²) in [6, 6.07) is 12.5. The monoisotopic (exact) mass is 380 g/mol. The van der Waals surface area contributed by atoms with E-state index in [9.17, 15) is 4.79 Å². The second-order valence-corrected chi connectivity index (χ2v) is 5.67. The van der Waals surface area contributed by atoms with Crippen LogP contribution >= 0.6 is 0 Å². The van der Waals surface area contributed by atoms with Crippen LogP contribution in [0.5, 0.6) is 17.2 Å². The first-order valence-electron chi connectivity index (χ1n) is 8.39. The van der Waals surface area contributed by atoms with Crippen LogP contribution in [-0.4, -0.2) is 37.2 Å². The molecule has 8 heteroatoms. The number of anilines is 3. The topological polar surface area (TPSA) is 94.6 Å². The Morgan fingerprint density at radius 2 is 1.61 bits per heavy atom. The molecule has 0 aliphatic heterocycles. The first-order chi connectivity index (χ1) is 13.6. The first kappa shape index (κ1) is 19.0. The number of nitrogens with one attached hydrogen (secondary N) is 2. The number of nitrogens with zero attached hydrogens (tertiary/aromatic N) is 2. The Bertz CT molecular complexity index is 961. The molecule has 0 bridgehead atoms. The van der Waals surface area contributed by atoms with Gasteiger partial charge in [0.1, 0.15) is 17.2 Å². The Morgan fingerprint density at radius 1 is 0.893 bits per heavy atom. The molecule has 0 spiro atoms. The molecule has 2 aromatic carbocycles. The van der Waals surface area contributed by atoms with Gasteiger partial charge in [-0.05, 0) is 24.3 Å². The lowest BCUT2D eigenvalue weighted by Crippen LogP contribution is -2.14. The maximum absolute atomic E-state index is 12.5. The van der Waals surface area contributed by atoms with Gasteiger partial charge in [0.05, 0.1) is 32.6 Å². The summed E-state index contributed by atoms with van der Waals surface area (Å²) >= 11 is 0. The number of ether oxygens (including phenoxy) is 3. The van der Waals surface area contributed by atoms with Crippen LogP contribution in [0.1, 0.15) is 10.4 Å². The van der Waals surface area contributed by atoms with Crippen molar-refractivity contribution in [2.75, 3.05) is 32.0 Å². The van der Waals surface area contributed by atoms with Crippen LogP contribution in [0, 0.1) is 0 Å². The van der Waals surface area contributed by atoms with Crippen molar-refractivity contribution in [2.24, 2.45) is 0 Å². The smallest absolute Gasteiger partial charge is 0.258 e. The molecule has 0 aliphatic rings. The van der Waals surface area contributed by atoms with Crippen LogP contribution < -0.4 is 24.8 Å². The molecular weight excluding hydrogens is 360 g/mol. The van der Waals surface area contributed by atoms with Gasteiger partial charge >= 0.3 is 0 Å². The molecule has 1 amide bonds. The fourth-order valence-electron chi connectivity index (χ4n) is 2.45. The lowest BCUT2D eigenvalue weighted by molar-refractivity contribution is 0.102. The zero-order valence-corrected chi connectivity index (χ0v) is 15.7. The Kier molecular flexibility index (Phi) is 5.91. The minimum atomic E-state index is -0.362. The van der Waals surface area contributed by atoms with Gasteiger partial charge in [-0.15, -0.1) is 0 Å². The quantitative estimate of drug-likeness (QED) is 0.648. The molecule has 2 N–H and O–H groups in total. The third-order valence-corrected chi connectivity index (χ3v) is 3.89. The summed E-state index contributed by atoms with van der Waals surface area (Å²) in [6.45, 7) is 0. The van der Waals surface area contributed by atoms with E-state index >= 15 is 0 Å². The third-order valence-electron chi connectivity index (χ3n) is 3.89. The van der Waals surface area contributed by atoms with E-state index in [0.717, 1.165) is 5.69 Å². The molecule has 1 aromatic heterocycles. The highest BCUT2D eigenvalue weighted by Crippen LogP contribution is 2.29. The van der Waals surface area contributed by atoms with Gasteiger partial charge in [0.15, 0.2) is 0 Å². The number of methoxy groups -OCH3 is 3. The van der Waals surface area contributed by atoms with Gasteiger partial charge in [0.2, 0.25) is 5.95 Å². The average Bonchev–Trinajstić information content (AvgIpc) is 2.74. The molecule has 8 nitrogen and oxygen atoms in total. The summed E-state index contributed by atoms with van der Waals surface area (Å²) in [5, 5.41) is 5.83. The van der Waals surface area contributed by atoms with Crippen molar-refractivity contribution in [1.82, 2.24) is 9.97 Å². The number of carbonyl (C=O) groups is 1. The molecule has 28 heavy (non-hydrogen) atoms. The zero-order valence-electron chi connectivity index (χ0n) is 15.7. The van der Waals surface area contributed by atoms with Crippen molar-refractivity contribution in [2.45, 2.75) is 0 Å². The van der Waals surface area contributed by atoms with Gasteiger partial charge in [0, 0.05) is 30.2 Å². The van der Waals surface area contributed by atoms with E-state index < -0.39 is 0 Å². The van der Waals surface area contributed by atoms with E-state index in [0.29, 0.717) is 34.4 Å². The van der Waals surface area contributed by atoms with Crippen LogP contribution in [0.15, 0.2) is 54.9 Å². The van der Waals surface area contributed by atoms with Gasteiger partial charge in [-0.25, -0.2) is 9.97 Å². The molecule has 1 heterocycles. The van der Waals surface area contributed by atoms with Crippen molar-refractivity contribution in [3.63, 3.8) is 0 Å². The lowest BCUT2D eigenvalue weighted by Gasteiger charge is -2.12. The van der Waals surface area contributed by atoms with Crippen LogP contribution in [-0.2, 0) is 0 Å². The lowest BCUT2D eigenvalue weighted by atomic mass is 10.2. The highest BCUT2D eigenvalue weighted by molar-refractivity contribution is 6.04. The number of rotatable bonds is 7. The predicted octanol–water partition coefficient (Wildman–Crippen LogP) is 3.50. The molecule has 0 unspecified atom stereocenters. The fraction of sp³-hybridized carbons (Fsp3) is 0.150. The van der Waals surface area contributed by atoms with Gasteiger partial charge < -0.3 is 24.8 Å². The Hall–Kier alpha value is -3.81. The molecule has 0 aliphatic carbocycles. The fourth-order valence-corrected chi connectivity index (χ4v) is 2.45. The minimum absolute atomic E-state index is 0.307. The number of amides is 1. The van der Waals surface area contributed by atoms with Crippen molar-refractivity contribution >= 4 is 23.2 Å². The van der Waals surface area contributed by atoms with E-state index in [1.165, 1.54) is 19.5 Å². The molecule has 3 rings (SSSR count). The number of hydrogen-bond acceptors (Lipinski definition) is 7. The summed E-state index contributed by atoms with van der Waals surface area (Å²) in [4.78, 5) is 20.9. The SMILES string of the molecule is COc1cccc(Nc2ncc(C(=O)Nc3cc(OC)ccc3OC)cn2)c1. The van der Waals surface area contributed by atoms with E-state index in [-0.39, 0.29) is 5.91 Å². The summed E-state index contributed by atoms with van der Waals surface area (Å²) in [5.74, 6) is 1.84. The second-order valence-electron chi connectivity index (χ2n) is 5.67. The average molecular weight is 380 g/mol. The largest absolute Gasteiger partial charge is 0.497 e. The van der Waals surface area contributed by atoms with Crippen molar-refractivity contribution < 1.29 is 19.0 Å². The molecule has 0 atom stereocenters. The predicted molar refractivity (Wildman–Crippen MR) is 106 cm³/mol. The summed E-state index contributed by atoms with van der Waals surface area (Å²) in [7, 11) is 4.68. The van der Waals surface area contributed by atoms with E-state index in [2.05, 4.69) is 20.6 Å². The maximum atomic E-state index is 12.5. The first-order valence-corrected chi connectivity index (χ1v) is 8.39. The molecule has 0 saturated carbocycles. The molecular formula is C20H20N4O4. The van der Waals surface area contributed by atoms with Crippen molar-refractivity contribution in [3.8, 4) is 17.2 Å². The number of hydrogen-bond donors (Lipinski definition) is 2. The van der Waals surface area contributed by atoms with Gasteiger partial charge in [-0.3, -0.25) is 4.79 Å². The van der Waals surface area contributed by atoms with Crippen LogP contribution in [0.4, 0.5) is 17.3 Å². The van der Waals surface area contributed by atoms with E-state index in [4.69, 9.17) is 14.2 Å². The number of benzene rings is 2.